The summed E-state index contributed by atoms with van der Waals surface area (Å²) in [5.74, 6) is -0.109. The van der Waals surface area contributed by atoms with Crippen LogP contribution in [0.5, 0.6) is 5.75 Å². The molecule has 0 bridgehead atoms. The van der Waals surface area contributed by atoms with E-state index in [0.717, 1.165) is 0 Å². The van der Waals surface area contributed by atoms with Gasteiger partial charge in [-0.05, 0) is 24.6 Å². The highest BCUT2D eigenvalue weighted by Gasteiger charge is 2.12. The summed E-state index contributed by atoms with van der Waals surface area (Å²) in [6.45, 7) is -1.28. The molecule has 2 nitrogen and oxygen atoms in total. The second-order valence-corrected chi connectivity index (χ2v) is 3.55. The third-order valence-electron chi connectivity index (χ3n) is 1.65. The minimum absolute atomic E-state index is 0.109. The van der Waals surface area contributed by atoms with Gasteiger partial charge in [-0.2, -0.15) is 8.78 Å². The monoisotopic (exact) mass is 264 g/mol. The number of aldehydes is 1. The molecule has 0 N–H and O–H groups in total. The minimum Gasteiger partial charge on any atom is -0.434 e. The van der Waals surface area contributed by atoms with E-state index in [0.29, 0.717) is 16.3 Å². The number of aryl methyl sites for hydroxylation is 1. The highest BCUT2D eigenvalue weighted by Crippen LogP contribution is 2.27. The molecule has 0 aliphatic carbocycles. The lowest BCUT2D eigenvalue weighted by atomic mass is 10.1. The molecule has 0 saturated heterocycles. The first kappa shape index (κ1) is 11.1. The van der Waals surface area contributed by atoms with Gasteiger partial charge in [-0.25, -0.2) is 0 Å². The van der Waals surface area contributed by atoms with Crippen LogP contribution < -0.4 is 4.74 Å². The zero-order valence-electron chi connectivity index (χ0n) is 7.26. The predicted molar refractivity (Wildman–Crippen MR) is 50.9 cm³/mol. The average Bonchev–Trinajstić information content (AvgIpc) is 2.01. The van der Waals surface area contributed by atoms with Gasteiger partial charge in [0.15, 0.2) is 6.29 Å². The maximum absolute atomic E-state index is 11.9. The largest absolute Gasteiger partial charge is 0.434 e. The van der Waals surface area contributed by atoms with E-state index in [9.17, 15) is 13.6 Å². The van der Waals surface area contributed by atoms with Crippen molar-refractivity contribution in [3.05, 3.63) is 27.7 Å². The Morgan fingerprint density at radius 2 is 2.14 bits per heavy atom. The molecule has 0 aliphatic rings. The van der Waals surface area contributed by atoms with Crippen LogP contribution in [-0.2, 0) is 0 Å². The lowest BCUT2D eigenvalue weighted by molar-refractivity contribution is -0.0501. The number of carbonyl (C=O) groups is 1. The molecule has 0 spiro atoms. The Morgan fingerprint density at radius 3 is 2.64 bits per heavy atom. The van der Waals surface area contributed by atoms with Gasteiger partial charge in [-0.3, -0.25) is 4.79 Å². The number of halogens is 3. The predicted octanol–water partition coefficient (Wildman–Crippen LogP) is 3.17. The van der Waals surface area contributed by atoms with Gasteiger partial charge < -0.3 is 4.74 Å². The van der Waals surface area contributed by atoms with E-state index in [4.69, 9.17) is 0 Å². The molecule has 5 heteroatoms. The van der Waals surface area contributed by atoms with Gasteiger partial charge in [-0.15, -0.1) is 0 Å². The van der Waals surface area contributed by atoms with Crippen molar-refractivity contribution in [2.45, 2.75) is 13.5 Å². The third kappa shape index (κ3) is 2.51. The molecule has 1 aromatic rings. The lowest BCUT2D eigenvalue weighted by Crippen LogP contribution is -2.05. The van der Waals surface area contributed by atoms with Crippen molar-refractivity contribution >= 4 is 22.2 Å². The summed E-state index contributed by atoms with van der Waals surface area (Å²) in [6, 6.07) is 2.99. The van der Waals surface area contributed by atoms with Gasteiger partial charge >= 0.3 is 6.61 Å². The van der Waals surface area contributed by atoms with Gasteiger partial charge in [0.05, 0.1) is 5.56 Å². The fraction of sp³-hybridized carbons (Fsp3) is 0.222. The molecule has 0 saturated carbocycles. The first-order valence-electron chi connectivity index (χ1n) is 3.74. The molecular formula is C9H7BrF2O2. The lowest BCUT2D eigenvalue weighted by Gasteiger charge is -2.09. The Morgan fingerprint density at radius 1 is 1.50 bits per heavy atom. The fourth-order valence-corrected chi connectivity index (χ4v) is 1.62. The van der Waals surface area contributed by atoms with E-state index in [-0.39, 0.29) is 11.3 Å². The quantitative estimate of drug-likeness (QED) is 0.784. The Labute approximate surface area is 88.0 Å². The highest BCUT2D eigenvalue weighted by molar-refractivity contribution is 9.10. The van der Waals surface area contributed by atoms with Crippen molar-refractivity contribution < 1.29 is 18.3 Å². The Bertz CT molecular complexity index is 353. The molecule has 0 fully saturated rings. The summed E-state index contributed by atoms with van der Waals surface area (Å²) in [5, 5.41) is 0. The van der Waals surface area contributed by atoms with Crippen LogP contribution in [0, 0.1) is 6.92 Å². The number of hydrogen-bond acceptors (Lipinski definition) is 2. The van der Waals surface area contributed by atoms with Gasteiger partial charge in [0.25, 0.3) is 0 Å². The zero-order valence-corrected chi connectivity index (χ0v) is 8.85. The number of rotatable bonds is 3. The molecule has 0 aromatic heterocycles. The summed E-state index contributed by atoms with van der Waals surface area (Å²) in [6.07, 6.45) is 0.499. The van der Waals surface area contributed by atoms with E-state index in [1.807, 2.05) is 0 Å². The first-order valence-corrected chi connectivity index (χ1v) is 4.54. The fourth-order valence-electron chi connectivity index (χ4n) is 1.07. The maximum atomic E-state index is 11.9. The van der Waals surface area contributed by atoms with Crippen LogP contribution in [0.2, 0.25) is 0 Å². The Kier molecular flexibility index (Phi) is 3.57. The van der Waals surface area contributed by atoms with Crippen LogP contribution >= 0.6 is 15.9 Å². The van der Waals surface area contributed by atoms with Crippen LogP contribution in [0.4, 0.5) is 8.78 Å². The third-order valence-corrected chi connectivity index (χ3v) is 2.11. The minimum atomic E-state index is -2.93. The molecule has 0 heterocycles. The van der Waals surface area contributed by atoms with E-state index < -0.39 is 6.61 Å². The van der Waals surface area contributed by atoms with Crippen LogP contribution in [-0.4, -0.2) is 12.9 Å². The Balaban J connectivity index is 3.17. The SMILES string of the molecule is Cc1cc(Br)cc(OC(F)F)c1C=O. The van der Waals surface area contributed by atoms with Crippen molar-refractivity contribution in [1.82, 2.24) is 0 Å². The summed E-state index contributed by atoms with van der Waals surface area (Å²) < 4.78 is 28.7. The summed E-state index contributed by atoms with van der Waals surface area (Å²) in [7, 11) is 0. The van der Waals surface area contributed by atoms with Crippen LogP contribution in [0.3, 0.4) is 0 Å². The molecule has 0 unspecified atom stereocenters. The van der Waals surface area contributed by atoms with E-state index in [1.165, 1.54) is 6.07 Å². The molecule has 1 aromatic carbocycles. The smallest absolute Gasteiger partial charge is 0.387 e. The zero-order chi connectivity index (χ0) is 10.7. The van der Waals surface area contributed by atoms with Crippen LogP contribution in [0.15, 0.2) is 16.6 Å². The van der Waals surface area contributed by atoms with Gasteiger partial charge in [0.2, 0.25) is 0 Å². The molecule has 76 valence electrons. The van der Waals surface area contributed by atoms with E-state index in [2.05, 4.69) is 20.7 Å². The average molecular weight is 265 g/mol. The summed E-state index contributed by atoms with van der Waals surface area (Å²) in [4.78, 5) is 10.6. The molecule has 0 amide bonds. The number of hydrogen-bond donors (Lipinski definition) is 0. The molecule has 14 heavy (non-hydrogen) atoms. The normalized spacial score (nSPS) is 10.4. The van der Waals surface area contributed by atoms with Crippen LogP contribution in [0.25, 0.3) is 0 Å². The second-order valence-electron chi connectivity index (χ2n) is 2.63. The topological polar surface area (TPSA) is 26.3 Å². The maximum Gasteiger partial charge on any atom is 0.387 e. The van der Waals surface area contributed by atoms with Gasteiger partial charge in [0.1, 0.15) is 5.75 Å². The van der Waals surface area contributed by atoms with Crippen molar-refractivity contribution in [3.8, 4) is 5.75 Å². The number of benzene rings is 1. The number of carbonyl (C=O) groups excluding carboxylic acids is 1. The summed E-state index contributed by atoms with van der Waals surface area (Å²) in [5.41, 5.74) is 0.735. The first-order chi connectivity index (χ1) is 6.54. The number of alkyl halides is 2. The molecule has 0 atom stereocenters. The number of ether oxygens (including phenoxy) is 1. The van der Waals surface area contributed by atoms with E-state index >= 15 is 0 Å². The van der Waals surface area contributed by atoms with Crippen molar-refractivity contribution in [1.29, 1.82) is 0 Å². The van der Waals surface area contributed by atoms with E-state index in [1.54, 1.807) is 13.0 Å². The standard InChI is InChI=1S/C9H7BrF2O2/c1-5-2-6(10)3-8(7(5)4-13)14-9(11)12/h2-4,9H,1H3. The highest BCUT2D eigenvalue weighted by atomic mass is 79.9. The van der Waals surface area contributed by atoms with Crippen LogP contribution in [0.1, 0.15) is 15.9 Å². The van der Waals surface area contributed by atoms with Gasteiger partial charge in [0, 0.05) is 4.47 Å². The molecular weight excluding hydrogens is 258 g/mol. The Hall–Kier alpha value is -0.970. The van der Waals surface area contributed by atoms with Gasteiger partial charge in [-0.1, -0.05) is 15.9 Å². The van der Waals surface area contributed by atoms with Crippen molar-refractivity contribution in [3.63, 3.8) is 0 Å². The second kappa shape index (κ2) is 4.50. The molecule has 1 rings (SSSR count). The van der Waals surface area contributed by atoms with Crippen molar-refractivity contribution in [2.24, 2.45) is 0 Å². The van der Waals surface area contributed by atoms with Crippen molar-refractivity contribution in [2.75, 3.05) is 0 Å². The molecule has 0 aliphatic heterocycles. The molecule has 0 radical (unpaired) electrons. The summed E-state index contributed by atoms with van der Waals surface area (Å²) >= 11 is 3.13.